The summed E-state index contributed by atoms with van der Waals surface area (Å²) in [6, 6.07) is 22.2. The lowest BCUT2D eigenvalue weighted by Gasteiger charge is -2.07. The molecule has 2 amide bonds. The fraction of sp³-hybridized carbons (Fsp3) is 0.0714. The van der Waals surface area contributed by atoms with Crippen LogP contribution in [-0.2, 0) is 20.0 Å². The number of nitro benzene ring substituents is 2. The van der Waals surface area contributed by atoms with E-state index in [0.29, 0.717) is 0 Å². The summed E-state index contributed by atoms with van der Waals surface area (Å²) >= 11 is 0. The van der Waals surface area contributed by atoms with Crippen molar-refractivity contribution in [1.82, 2.24) is 9.44 Å². The van der Waals surface area contributed by atoms with Gasteiger partial charge in [0.1, 0.15) is 0 Å². The Kier molecular flexibility index (Phi) is 10.3. The highest BCUT2D eigenvalue weighted by Crippen LogP contribution is 2.24. The van der Waals surface area contributed by atoms with Crippen LogP contribution in [0.1, 0.15) is 31.8 Å². The molecular formula is C28H24N4O10S2. The summed E-state index contributed by atoms with van der Waals surface area (Å²) in [5.41, 5.74) is 0.940. The molecule has 4 aromatic rings. The molecule has 4 rings (SSSR count). The molecule has 0 fully saturated rings. The highest BCUT2D eigenvalue weighted by atomic mass is 32.2. The maximum absolute atomic E-state index is 12.2. The Morgan fingerprint density at radius 2 is 0.841 bits per heavy atom. The smallest absolute Gasteiger partial charge is 0.268 e. The van der Waals surface area contributed by atoms with Crippen LogP contribution < -0.4 is 9.44 Å². The number of nitro groups is 2. The van der Waals surface area contributed by atoms with E-state index in [1.54, 1.807) is 24.3 Å². The number of nitrogens with zero attached hydrogens (tertiary/aromatic N) is 2. The standard InChI is InChI=1S/2C14H12N2O5S/c2*1-10-6-8-11(9-7-10)14(17)15-22(20,21)13-5-3-2-4-12(13)16(18)19/h2*2-9H,1H3,(H,15,17). The lowest BCUT2D eigenvalue weighted by atomic mass is 10.1. The summed E-state index contributed by atoms with van der Waals surface area (Å²) in [4.78, 5) is 43.0. The third-order valence-electron chi connectivity index (χ3n) is 5.78. The summed E-state index contributed by atoms with van der Waals surface area (Å²) in [7, 11) is -8.67. The maximum atomic E-state index is 12.2. The van der Waals surface area contributed by atoms with Gasteiger partial charge in [0, 0.05) is 23.3 Å². The zero-order valence-electron chi connectivity index (χ0n) is 23.0. The van der Waals surface area contributed by atoms with Gasteiger partial charge in [-0.3, -0.25) is 29.8 Å². The van der Waals surface area contributed by atoms with Gasteiger partial charge in [-0.1, -0.05) is 59.7 Å². The fourth-order valence-corrected chi connectivity index (χ4v) is 5.85. The van der Waals surface area contributed by atoms with E-state index >= 15 is 0 Å². The van der Waals surface area contributed by atoms with Crippen LogP contribution in [0.4, 0.5) is 11.4 Å². The Labute approximate surface area is 251 Å². The molecule has 0 saturated carbocycles. The van der Waals surface area contributed by atoms with Gasteiger partial charge >= 0.3 is 0 Å². The molecule has 0 aliphatic rings. The second-order valence-electron chi connectivity index (χ2n) is 9.05. The molecule has 14 nitrogen and oxygen atoms in total. The molecule has 0 bridgehead atoms. The SMILES string of the molecule is Cc1ccc(C(=O)NS(=O)(=O)c2ccccc2[N+](=O)[O-])cc1.Cc1ccc(C(=O)NS(=O)(=O)c2ccccc2[N+](=O)[O-])cc1. The number of benzene rings is 4. The van der Waals surface area contributed by atoms with Crippen LogP contribution in [-0.4, -0.2) is 38.5 Å². The summed E-state index contributed by atoms with van der Waals surface area (Å²) in [5, 5.41) is 21.8. The number of sulfonamides is 2. The third-order valence-corrected chi connectivity index (χ3v) is 8.54. The molecule has 16 heteroatoms. The van der Waals surface area contributed by atoms with Crippen molar-refractivity contribution in [3.63, 3.8) is 0 Å². The molecule has 0 spiro atoms. The van der Waals surface area contributed by atoms with E-state index in [1.807, 2.05) is 23.3 Å². The molecule has 0 unspecified atom stereocenters. The second kappa shape index (κ2) is 13.7. The molecular weight excluding hydrogens is 616 g/mol. The Hall–Kier alpha value is -5.48. The Morgan fingerprint density at radius 1 is 0.545 bits per heavy atom. The van der Waals surface area contributed by atoms with E-state index in [9.17, 15) is 46.7 Å². The molecule has 0 saturated heterocycles. The highest BCUT2D eigenvalue weighted by molar-refractivity contribution is 7.90. The molecule has 0 atom stereocenters. The molecule has 0 aliphatic carbocycles. The Morgan fingerprint density at radius 3 is 1.14 bits per heavy atom. The fourth-order valence-electron chi connectivity index (χ4n) is 3.55. The first kappa shape index (κ1) is 33.0. The van der Waals surface area contributed by atoms with Crippen LogP contribution in [0.25, 0.3) is 0 Å². The number of para-hydroxylation sites is 2. The van der Waals surface area contributed by atoms with Gasteiger partial charge in [-0.2, -0.15) is 0 Å². The summed E-state index contributed by atoms with van der Waals surface area (Å²) in [5.74, 6) is -1.70. The van der Waals surface area contributed by atoms with E-state index in [-0.39, 0.29) is 11.1 Å². The molecule has 4 aromatic carbocycles. The first-order valence-corrected chi connectivity index (χ1v) is 15.3. The maximum Gasteiger partial charge on any atom is 0.289 e. The number of nitrogens with one attached hydrogen (secondary N) is 2. The van der Waals surface area contributed by atoms with Crippen LogP contribution in [0.3, 0.4) is 0 Å². The number of hydrogen-bond acceptors (Lipinski definition) is 10. The van der Waals surface area contributed by atoms with Crippen molar-refractivity contribution in [2.75, 3.05) is 0 Å². The van der Waals surface area contributed by atoms with Crippen molar-refractivity contribution in [2.24, 2.45) is 0 Å². The average molecular weight is 641 g/mol. The van der Waals surface area contributed by atoms with Crippen molar-refractivity contribution in [1.29, 1.82) is 0 Å². The average Bonchev–Trinajstić information content (AvgIpc) is 2.97. The van der Waals surface area contributed by atoms with Gasteiger partial charge < -0.3 is 0 Å². The predicted molar refractivity (Wildman–Crippen MR) is 158 cm³/mol. The van der Waals surface area contributed by atoms with Crippen LogP contribution in [0.2, 0.25) is 0 Å². The van der Waals surface area contributed by atoms with Crippen LogP contribution in [0, 0.1) is 34.1 Å². The lowest BCUT2D eigenvalue weighted by Crippen LogP contribution is -2.31. The Bertz CT molecular complexity index is 1800. The molecule has 0 heterocycles. The van der Waals surface area contributed by atoms with E-state index < -0.39 is 62.9 Å². The summed E-state index contributed by atoms with van der Waals surface area (Å²) in [6.45, 7) is 3.65. The largest absolute Gasteiger partial charge is 0.289 e. The van der Waals surface area contributed by atoms with Gasteiger partial charge in [-0.15, -0.1) is 0 Å². The Balaban J connectivity index is 0.000000240. The van der Waals surface area contributed by atoms with Crippen LogP contribution in [0.15, 0.2) is 107 Å². The first-order chi connectivity index (χ1) is 20.6. The van der Waals surface area contributed by atoms with Gasteiger partial charge in [0.2, 0.25) is 0 Å². The third kappa shape index (κ3) is 8.30. The number of carbonyl (C=O) groups excluding carboxylic acids is 2. The second-order valence-corrected chi connectivity index (χ2v) is 12.4. The van der Waals surface area contributed by atoms with Gasteiger partial charge in [0.25, 0.3) is 43.2 Å². The van der Waals surface area contributed by atoms with Crippen molar-refractivity contribution in [3.05, 3.63) is 140 Å². The quantitative estimate of drug-likeness (QED) is 0.208. The minimum atomic E-state index is -4.33. The van der Waals surface area contributed by atoms with E-state index in [4.69, 9.17) is 0 Å². The van der Waals surface area contributed by atoms with E-state index in [0.717, 1.165) is 35.4 Å². The minimum absolute atomic E-state index is 0.146. The predicted octanol–water partition coefficient (Wildman–Crippen LogP) is 4.04. The number of aryl methyl sites for hydroxylation is 2. The summed E-state index contributed by atoms with van der Waals surface area (Å²) in [6.07, 6.45) is 0. The molecule has 0 radical (unpaired) electrons. The van der Waals surface area contributed by atoms with Gasteiger partial charge in [-0.25, -0.2) is 26.3 Å². The normalized spacial score (nSPS) is 11.0. The zero-order chi connectivity index (χ0) is 32.7. The first-order valence-electron chi connectivity index (χ1n) is 12.4. The zero-order valence-corrected chi connectivity index (χ0v) is 24.7. The topological polar surface area (TPSA) is 213 Å². The van der Waals surface area contributed by atoms with Gasteiger partial charge in [0.05, 0.1) is 9.85 Å². The van der Waals surface area contributed by atoms with Crippen molar-refractivity contribution < 1.29 is 36.3 Å². The molecule has 44 heavy (non-hydrogen) atoms. The van der Waals surface area contributed by atoms with Gasteiger partial charge in [0.15, 0.2) is 9.79 Å². The highest BCUT2D eigenvalue weighted by Gasteiger charge is 2.28. The van der Waals surface area contributed by atoms with Crippen molar-refractivity contribution >= 4 is 43.2 Å². The van der Waals surface area contributed by atoms with Crippen molar-refractivity contribution in [2.45, 2.75) is 23.6 Å². The number of amides is 2. The van der Waals surface area contributed by atoms with Crippen LogP contribution >= 0.6 is 0 Å². The van der Waals surface area contributed by atoms with Gasteiger partial charge in [-0.05, 0) is 50.2 Å². The molecule has 2 N–H and O–H groups in total. The molecule has 0 aliphatic heterocycles. The minimum Gasteiger partial charge on any atom is -0.268 e. The number of carbonyl (C=O) groups is 2. The molecule has 228 valence electrons. The van der Waals surface area contributed by atoms with E-state index in [2.05, 4.69) is 0 Å². The van der Waals surface area contributed by atoms with E-state index in [1.165, 1.54) is 48.5 Å². The number of rotatable bonds is 8. The summed E-state index contributed by atoms with van der Waals surface area (Å²) < 4.78 is 52.4. The van der Waals surface area contributed by atoms with Crippen molar-refractivity contribution in [3.8, 4) is 0 Å². The number of hydrogen-bond donors (Lipinski definition) is 2. The molecule has 0 aromatic heterocycles. The monoisotopic (exact) mass is 640 g/mol. The lowest BCUT2D eigenvalue weighted by molar-refractivity contribution is -0.388. The van der Waals surface area contributed by atoms with Crippen LogP contribution in [0.5, 0.6) is 0 Å².